The van der Waals surface area contributed by atoms with Gasteiger partial charge in [0.2, 0.25) is 12.7 Å². The monoisotopic (exact) mass is 290 g/mol. The largest absolute Gasteiger partial charge is 0.454 e. The minimum atomic E-state index is -0.390. The lowest BCUT2D eigenvalue weighted by Crippen LogP contribution is -2.13. The van der Waals surface area contributed by atoms with Crippen molar-refractivity contribution in [3.63, 3.8) is 0 Å². The minimum Gasteiger partial charge on any atom is -0.454 e. The zero-order chi connectivity index (χ0) is 13.9. The van der Waals surface area contributed by atoms with E-state index in [1.54, 1.807) is 5.38 Å². The van der Waals surface area contributed by atoms with Crippen molar-refractivity contribution in [1.82, 2.24) is 5.32 Å². The summed E-state index contributed by atoms with van der Waals surface area (Å²) in [5, 5.41) is 5.10. The summed E-state index contributed by atoms with van der Waals surface area (Å²) < 4.78 is 10.8. The highest BCUT2D eigenvalue weighted by molar-refractivity contribution is 7.10. The van der Waals surface area contributed by atoms with E-state index in [1.165, 1.54) is 11.3 Å². The maximum atomic E-state index is 11.0. The molecule has 0 aliphatic carbocycles. The van der Waals surface area contributed by atoms with Gasteiger partial charge < -0.3 is 20.5 Å². The Labute approximate surface area is 120 Å². The van der Waals surface area contributed by atoms with Crippen LogP contribution in [0.25, 0.3) is 0 Å². The summed E-state index contributed by atoms with van der Waals surface area (Å²) in [4.78, 5) is 12.1. The fourth-order valence-corrected chi connectivity index (χ4v) is 2.90. The predicted octanol–water partition coefficient (Wildman–Crippen LogP) is 1.87. The molecule has 2 aromatic rings. The molecule has 6 heteroatoms. The van der Waals surface area contributed by atoms with E-state index in [9.17, 15) is 4.79 Å². The van der Waals surface area contributed by atoms with E-state index >= 15 is 0 Å². The van der Waals surface area contributed by atoms with Crippen LogP contribution in [0.3, 0.4) is 0 Å². The second-order valence-electron chi connectivity index (χ2n) is 4.42. The number of para-hydroxylation sites is 1. The molecule has 1 aliphatic rings. The number of carbonyl (C=O) groups excluding carboxylic acids is 1. The van der Waals surface area contributed by atoms with Crippen LogP contribution >= 0.6 is 11.3 Å². The number of thiophene rings is 1. The molecule has 0 radical (unpaired) electrons. The van der Waals surface area contributed by atoms with Crippen molar-refractivity contribution in [2.24, 2.45) is 5.73 Å². The number of hydrogen-bond donors (Lipinski definition) is 2. The third-order valence-corrected chi connectivity index (χ3v) is 3.97. The Morgan fingerprint density at radius 1 is 1.35 bits per heavy atom. The van der Waals surface area contributed by atoms with Gasteiger partial charge in [-0.15, -0.1) is 11.3 Å². The fourth-order valence-electron chi connectivity index (χ4n) is 2.05. The molecule has 0 atom stereocenters. The molecule has 1 aromatic carbocycles. The highest BCUT2D eigenvalue weighted by atomic mass is 32.1. The van der Waals surface area contributed by atoms with Crippen molar-refractivity contribution in [3.05, 3.63) is 45.6 Å². The Morgan fingerprint density at radius 2 is 2.25 bits per heavy atom. The zero-order valence-corrected chi connectivity index (χ0v) is 11.5. The van der Waals surface area contributed by atoms with Crippen LogP contribution in [0.5, 0.6) is 11.5 Å². The molecule has 20 heavy (non-hydrogen) atoms. The second-order valence-corrected chi connectivity index (χ2v) is 5.42. The maximum Gasteiger partial charge on any atom is 0.249 e. The first-order valence-corrected chi connectivity index (χ1v) is 7.07. The van der Waals surface area contributed by atoms with Gasteiger partial charge in [-0.3, -0.25) is 4.79 Å². The van der Waals surface area contributed by atoms with Crippen LogP contribution < -0.4 is 20.5 Å². The van der Waals surface area contributed by atoms with Crippen molar-refractivity contribution >= 4 is 17.2 Å². The lowest BCUT2D eigenvalue weighted by atomic mass is 10.2. The summed E-state index contributed by atoms with van der Waals surface area (Å²) in [7, 11) is 0. The molecule has 0 saturated carbocycles. The van der Waals surface area contributed by atoms with Gasteiger partial charge in [0.25, 0.3) is 0 Å². The molecule has 2 heterocycles. The molecule has 0 saturated heterocycles. The molecule has 0 spiro atoms. The molecule has 1 amide bonds. The smallest absolute Gasteiger partial charge is 0.249 e. The first-order chi connectivity index (χ1) is 9.74. The molecule has 0 unspecified atom stereocenters. The van der Waals surface area contributed by atoms with E-state index in [1.807, 2.05) is 24.3 Å². The number of nitrogens with two attached hydrogens (primary N) is 1. The van der Waals surface area contributed by atoms with Gasteiger partial charge in [0.1, 0.15) is 0 Å². The van der Waals surface area contributed by atoms with Gasteiger partial charge in [-0.25, -0.2) is 0 Å². The van der Waals surface area contributed by atoms with Crippen LogP contribution in [-0.2, 0) is 13.1 Å². The summed E-state index contributed by atoms with van der Waals surface area (Å²) in [6, 6.07) is 7.66. The first-order valence-electron chi connectivity index (χ1n) is 6.19. The topological polar surface area (TPSA) is 73.6 Å². The average Bonchev–Trinajstić information content (AvgIpc) is 3.07. The standard InChI is InChI=1S/C14H14N2O3S/c15-14(17)10-4-11(20-7-10)6-16-5-9-2-1-3-12-13(9)19-8-18-12/h1-4,7,16H,5-6,8H2,(H2,15,17). The molecule has 5 nitrogen and oxygen atoms in total. The van der Waals surface area contributed by atoms with Crippen LogP contribution in [0.2, 0.25) is 0 Å². The third kappa shape index (κ3) is 2.61. The number of fused-ring (bicyclic) bond motifs is 1. The SMILES string of the molecule is NC(=O)c1csc(CNCc2cccc3c2OCO3)c1. The van der Waals surface area contributed by atoms with Crippen molar-refractivity contribution in [3.8, 4) is 11.5 Å². The van der Waals surface area contributed by atoms with E-state index in [4.69, 9.17) is 15.2 Å². The van der Waals surface area contributed by atoms with Gasteiger partial charge in [0.05, 0.1) is 5.56 Å². The van der Waals surface area contributed by atoms with E-state index in [0.717, 1.165) is 21.9 Å². The number of nitrogens with one attached hydrogen (secondary N) is 1. The third-order valence-electron chi connectivity index (χ3n) is 3.03. The van der Waals surface area contributed by atoms with Crippen LogP contribution in [0, 0.1) is 0 Å². The minimum absolute atomic E-state index is 0.277. The molecule has 1 aliphatic heterocycles. The van der Waals surface area contributed by atoms with Crippen molar-refractivity contribution in [1.29, 1.82) is 0 Å². The first kappa shape index (κ1) is 13.0. The Kier molecular flexibility index (Phi) is 3.58. The lowest BCUT2D eigenvalue weighted by Gasteiger charge is -2.06. The van der Waals surface area contributed by atoms with E-state index < -0.39 is 0 Å². The summed E-state index contributed by atoms with van der Waals surface area (Å²) in [5.74, 6) is 1.21. The maximum absolute atomic E-state index is 11.0. The van der Waals surface area contributed by atoms with Crippen molar-refractivity contribution in [2.75, 3.05) is 6.79 Å². The molecule has 1 aromatic heterocycles. The summed E-state index contributed by atoms with van der Waals surface area (Å²) in [6.07, 6.45) is 0. The summed E-state index contributed by atoms with van der Waals surface area (Å²) >= 11 is 1.52. The highest BCUT2D eigenvalue weighted by Gasteiger charge is 2.16. The van der Waals surface area contributed by atoms with Crippen molar-refractivity contribution in [2.45, 2.75) is 13.1 Å². The Bertz CT molecular complexity index is 639. The molecule has 0 bridgehead atoms. The Balaban J connectivity index is 1.60. The van der Waals surface area contributed by atoms with Gasteiger partial charge >= 0.3 is 0 Å². The number of ether oxygens (including phenoxy) is 2. The van der Waals surface area contributed by atoms with Crippen LogP contribution in [-0.4, -0.2) is 12.7 Å². The van der Waals surface area contributed by atoms with Gasteiger partial charge in [0.15, 0.2) is 11.5 Å². The van der Waals surface area contributed by atoms with Gasteiger partial charge in [-0.2, -0.15) is 0 Å². The average molecular weight is 290 g/mol. The predicted molar refractivity (Wildman–Crippen MR) is 75.9 cm³/mol. The van der Waals surface area contributed by atoms with E-state index in [0.29, 0.717) is 18.7 Å². The summed E-state index contributed by atoms with van der Waals surface area (Å²) in [6.45, 7) is 1.64. The van der Waals surface area contributed by atoms with E-state index in [-0.39, 0.29) is 12.7 Å². The number of rotatable bonds is 5. The fraction of sp³-hybridized carbons (Fsp3) is 0.214. The van der Waals surface area contributed by atoms with Crippen LogP contribution in [0.1, 0.15) is 20.8 Å². The van der Waals surface area contributed by atoms with E-state index in [2.05, 4.69) is 5.32 Å². The van der Waals surface area contributed by atoms with Gasteiger partial charge in [-0.05, 0) is 12.1 Å². The molecular weight excluding hydrogens is 276 g/mol. The number of carbonyl (C=O) groups is 1. The molecule has 104 valence electrons. The molecule has 0 fully saturated rings. The lowest BCUT2D eigenvalue weighted by molar-refractivity contribution is 0.100. The Hall–Kier alpha value is -2.05. The number of primary amides is 1. The van der Waals surface area contributed by atoms with Gasteiger partial charge in [-0.1, -0.05) is 12.1 Å². The quantitative estimate of drug-likeness (QED) is 0.881. The number of benzene rings is 1. The molecular formula is C14H14N2O3S. The number of hydrogen-bond acceptors (Lipinski definition) is 5. The number of amides is 1. The molecule has 3 N–H and O–H groups in total. The summed E-state index contributed by atoms with van der Waals surface area (Å²) in [5.41, 5.74) is 6.85. The van der Waals surface area contributed by atoms with Crippen LogP contribution in [0.15, 0.2) is 29.6 Å². The van der Waals surface area contributed by atoms with Crippen LogP contribution in [0.4, 0.5) is 0 Å². The van der Waals surface area contributed by atoms with Gasteiger partial charge in [0, 0.05) is 28.9 Å². The van der Waals surface area contributed by atoms with Crippen molar-refractivity contribution < 1.29 is 14.3 Å². The second kappa shape index (κ2) is 5.52. The molecule has 3 rings (SSSR count). The zero-order valence-electron chi connectivity index (χ0n) is 10.7. The Morgan fingerprint density at radius 3 is 3.05 bits per heavy atom. The normalized spacial score (nSPS) is 12.6. The highest BCUT2D eigenvalue weighted by Crippen LogP contribution is 2.35.